The molecule has 5 nitrogen and oxygen atoms in total. The Morgan fingerprint density at radius 1 is 1.53 bits per heavy atom. The Morgan fingerprint density at radius 2 is 2.24 bits per heavy atom. The van der Waals surface area contributed by atoms with Crippen molar-refractivity contribution in [3.63, 3.8) is 0 Å². The summed E-state index contributed by atoms with van der Waals surface area (Å²) < 4.78 is 22.7. The van der Waals surface area contributed by atoms with Gasteiger partial charge in [-0.25, -0.2) is 13.4 Å². The Bertz CT molecular complexity index is 546. The van der Waals surface area contributed by atoms with E-state index in [0.717, 1.165) is 5.56 Å². The van der Waals surface area contributed by atoms with Crippen LogP contribution in [0.2, 0.25) is 0 Å². The predicted molar refractivity (Wildman–Crippen MR) is 64.5 cm³/mol. The van der Waals surface area contributed by atoms with Crippen LogP contribution in [0, 0.1) is 12.8 Å². The Hall–Kier alpha value is -1.43. The number of Topliss-reactive ketones (excluding diaryl/α,β-unsaturated/α-hetero) is 1. The van der Waals surface area contributed by atoms with Crippen molar-refractivity contribution >= 4 is 21.4 Å². The first-order chi connectivity index (χ1) is 7.91. The Kier molecular flexibility index (Phi) is 2.91. The minimum absolute atomic E-state index is 0.0698. The van der Waals surface area contributed by atoms with Gasteiger partial charge in [-0.15, -0.1) is 0 Å². The van der Waals surface area contributed by atoms with Gasteiger partial charge >= 0.3 is 0 Å². The molecule has 1 fully saturated rings. The molecule has 2 rings (SSSR count). The molecule has 0 amide bonds. The molecular formula is C11H14N2O3S. The summed E-state index contributed by atoms with van der Waals surface area (Å²) in [6, 6.07) is 1.70. The van der Waals surface area contributed by atoms with Crippen LogP contribution in [0.25, 0.3) is 0 Å². The molecule has 0 aliphatic carbocycles. The number of hydrogen-bond donors (Lipinski definition) is 1. The average molecular weight is 254 g/mol. The summed E-state index contributed by atoms with van der Waals surface area (Å²) in [6.07, 6.45) is 1.92. The molecule has 1 aliphatic rings. The van der Waals surface area contributed by atoms with Crippen LogP contribution in [0.1, 0.15) is 22.3 Å². The second kappa shape index (κ2) is 4.10. The first-order valence-electron chi connectivity index (χ1n) is 5.36. The highest BCUT2D eigenvalue weighted by Gasteiger charge is 2.34. The van der Waals surface area contributed by atoms with Crippen molar-refractivity contribution in [2.45, 2.75) is 13.3 Å². The number of nitrogens with two attached hydrogens (primary N) is 1. The lowest BCUT2D eigenvalue weighted by atomic mass is 9.95. The van der Waals surface area contributed by atoms with E-state index >= 15 is 0 Å². The van der Waals surface area contributed by atoms with Crippen LogP contribution < -0.4 is 5.73 Å². The fourth-order valence-electron chi connectivity index (χ4n) is 2.11. The summed E-state index contributed by atoms with van der Waals surface area (Å²) in [4.78, 5) is 16.1. The van der Waals surface area contributed by atoms with Gasteiger partial charge in [-0.1, -0.05) is 0 Å². The second-order valence-corrected chi connectivity index (χ2v) is 6.58. The standard InChI is InChI=1S/C11H14N2O3S/c1-7-2-4-13-11(12)9(7)10(14)8-3-5-17(15,16)6-8/h2,4,8H,3,5-6H2,1H3,(H2,12,13). The van der Waals surface area contributed by atoms with E-state index < -0.39 is 15.8 Å². The van der Waals surface area contributed by atoms with Crippen molar-refractivity contribution in [3.05, 3.63) is 23.4 Å². The molecule has 1 atom stereocenters. The van der Waals surface area contributed by atoms with Crippen molar-refractivity contribution < 1.29 is 13.2 Å². The topological polar surface area (TPSA) is 90.1 Å². The molecule has 1 aromatic rings. The van der Waals surface area contributed by atoms with Gasteiger partial charge in [0.1, 0.15) is 5.82 Å². The summed E-state index contributed by atoms with van der Waals surface area (Å²) in [6.45, 7) is 1.77. The number of rotatable bonds is 2. The molecule has 0 spiro atoms. The van der Waals surface area contributed by atoms with Crippen molar-refractivity contribution in [3.8, 4) is 0 Å². The van der Waals surface area contributed by atoms with Crippen LogP contribution in [0.3, 0.4) is 0 Å². The van der Waals surface area contributed by atoms with E-state index in [-0.39, 0.29) is 23.1 Å². The van der Waals surface area contributed by atoms with E-state index in [1.54, 1.807) is 13.0 Å². The van der Waals surface area contributed by atoms with E-state index in [2.05, 4.69) is 4.98 Å². The quantitative estimate of drug-likeness (QED) is 0.780. The van der Waals surface area contributed by atoms with E-state index in [4.69, 9.17) is 5.73 Å². The molecule has 1 aromatic heterocycles. The maximum atomic E-state index is 12.2. The number of ketones is 1. The van der Waals surface area contributed by atoms with Gasteiger partial charge in [0.05, 0.1) is 17.1 Å². The van der Waals surface area contributed by atoms with Crippen molar-refractivity contribution in [2.24, 2.45) is 5.92 Å². The van der Waals surface area contributed by atoms with Gasteiger partial charge in [-0.2, -0.15) is 0 Å². The molecule has 6 heteroatoms. The number of aromatic nitrogens is 1. The summed E-state index contributed by atoms with van der Waals surface area (Å²) in [5, 5.41) is 0. The van der Waals surface area contributed by atoms with Crippen LogP contribution in [0.15, 0.2) is 12.3 Å². The maximum Gasteiger partial charge on any atom is 0.170 e. The number of sulfone groups is 1. The largest absolute Gasteiger partial charge is 0.383 e. The zero-order valence-electron chi connectivity index (χ0n) is 9.51. The fourth-order valence-corrected chi connectivity index (χ4v) is 3.85. The Labute approximate surface area is 100.0 Å². The van der Waals surface area contributed by atoms with E-state index in [0.29, 0.717) is 12.0 Å². The molecule has 2 heterocycles. The number of nitrogen functional groups attached to an aromatic ring is 1. The molecule has 0 aromatic carbocycles. The smallest absolute Gasteiger partial charge is 0.170 e. The molecule has 1 unspecified atom stereocenters. The lowest BCUT2D eigenvalue weighted by Crippen LogP contribution is -2.19. The summed E-state index contributed by atoms with van der Waals surface area (Å²) in [5.41, 5.74) is 6.79. The van der Waals surface area contributed by atoms with Crippen molar-refractivity contribution in [1.82, 2.24) is 4.98 Å². The maximum absolute atomic E-state index is 12.2. The average Bonchev–Trinajstić information content (AvgIpc) is 2.58. The van der Waals surface area contributed by atoms with Gasteiger partial charge in [0.15, 0.2) is 15.6 Å². The first-order valence-corrected chi connectivity index (χ1v) is 7.18. The molecule has 17 heavy (non-hydrogen) atoms. The minimum atomic E-state index is -3.06. The third-order valence-corrected chi connectivity index (χ3v) is 4.81. The molecule has 0 saturated carbocycles. The van der Waals surface area contributed by atoms with Gasteiger partial charge < -0.3 is 5.73 Å². The van der Waals surface area contributed by atoms with Gasteiger partial charge in [0, 0.05) is 12.1 Å². The molecule has 1 saturated heterocycles. The lowest BCUT2D eigenvalue weighted by molar-refractivity contribution is 0.0933. The normalized spacial score (nSPS) is 22.5. The number of carbonyl (C=O) groups is 1. The zero-order chi connectivity index (χ0) is 12.6. The molecule has 2 N–H and O–H groups in total. The van der Waals surface area contributed by atoms with E-state index in [1.165, 1.54) is 6.20 Å². The van der Waals surface area contributed by atoms with E-state index in [1.807, 2.05) is 0 Å². The van der Waals surface area contributed by atoms with Gasteiger partial charge in [-0.05, 0) is 25.0 Å². The van der Waals surface area contributed by atoms with Crippen LogP contribution in [-0.2, 0) is 9.84 Å². The van der Waals surface area contributed by atoms with Crippen molar-refractivity contribution in [1.29, 1.82) is 0 Å². The monoisotopic (exact) mass is 254 g/mol. The molecular weight excluding hydrogens is 240 g/mol. The van der Waals surface area contributed by atoms with Crippen LogP contribution >= 0.6 is 0 Å². The zero-order valence-corrected chi connectivity index (χ0v) is 10.3. The Balaban J connectivity index is 2.33. The van der Waals surface area contributed by atoms with Gasteiger partial charge in [0.25, 0.3) is 0 Å². The SMILES string of the molecule is Cc1ccnc(N)c1C(=O)C1CCS(=O)(=O)C1. The van der Waals surface area contributed by atoms with Crippen LogP contribution in [0.5, 0.6) is 0 Å². The fraction of sp³-hybridized carbons (Fsp3) is 0.455. The number of anilines is 1. The highest BCUT2D eigenvalue weighted by atomic mass is 32.2. The minimum Gasteiger partial charge on any atom is -0.383 e. The molecule has 0 radical (unpaired) electrons. The van der Waals surface area contributed by atoms with Crippen LogP contribution in [0.4, 0.5) is 5.82 Å². The lowest BCUT2D eigenvalue weighted by Gasteiger charge is -2.10. The predicted octanol–water partition coefficient (Wildman–Crippen LogP) is 0.590. The number of carbonyl (C=O) groups excluding carboxylic acids is 1. The third kappa shape index (κ3) is 2.31. The van der Waals surface area contributed by atoms with E-state index in [9.17, 15) is 13.2 Å². The summed E-state index contributed by atoms with van der Waals surface area (Å²) in [5.74, 6) is -0.471. The molecule has 0 bridgehead atoms. The summed E-state index contributed by atoms with van der Waals surface area (Å²) >= 11 is 0. The first kappa shape index (κ1) is 12.0. The molecule has 92 valence electrons. The van der Waals surface area contributed by atoms with Gasteiger partial charge in [-0.3, -0.25) is 4.79 Å². The number of aryl methyl sites for hydroxylation is 1. The number of hydrogen-bond acceptors (Lipinski definition) is 5. The van der Waals surface area contributed by atoms with Crippen molar-refractivity contribution in [2.75, 3.05) is 17.2 Å². The highest BCUT2D eigenvalue weighted by Crippen LogP contribution is 2.26. The Morgan fingerprint density at radius 3 is 2.76 bits per heavy atom. The number of pyridine rings is 1. The second-order valence-electron chi connectivity index (χ2n) is 4.35. The third-order valence-electron chi connectivity index (χ3n) is 3.04. The highest BCUT2D eigenvalue weighted by molar-refractivity contribution is 7.91. The van der Waals surface area contributed by atoms with Crippen LogP contribution in [-0.4, -0.2) is 30.7 Å². The summed E-state index contributed by atoms with van der Waals surface area (Å²) in [7, 11) is -3.06. The number of nitrogens with zero attached hydrogens (tertiary/aromatic N) is 1. The molecule has 1 aliphatic heterocycles. The van der Waals surface area contributed by atoms with Gasteiger partial charge in [0.2, 0.25) is 0 Å².